The fourth-order valence-electron chi connectivity index (χ4n) is 5.34. The summed E-state index contributed by atoms with van der Waals surface area (Å²) in [6, 6.07) is 18.1. The lowest BCUT2D eigenvalue weighted by Crippen LogP contribution is -2.52. The van der Waals surface area contributed by atoms with Crippen molar-refractivity contribution in [1.29, 1.82) is 0 Å². The second-order valence-electron chi connectivity index (χ2n) is 9.58. The molecule has 0 N–H and O–H groups in total. The monoisotopic (exact) mass is 498 g/mol. The molecule has 4 heterocycles. The molecule has 2 aromatic heterocycles. The van der Waals surface area contributed by atoms with Crippen LogP contribution in [-0.4, -0.2) is 70.9 Å². The number of rotatable bonds is 5. The summed E-state index contributed by atoms with van der Waals surface area (Å²) in [7, 11) is 3.68. The third kappa shape index (κ3) is 4.20. The number of nitrogens with zero attached hydrogens (tertiary/aromatic N) is 6. The minimum absolute atomic E-state index is 0.0298. The predicted octanol–water partition coefficient (Wildman–Crippen LogP) is 3.14. The minimum atomic E-state index is -0.0397. The van der Waals surface area contributed by atoms with Crippen LogP contribution in [0, 0.1) is 0 Å². The summed E-state index contributed by atoms with van der Waals surface area (Å²) in [6.07, 6.45) is 2.40. The van der Waals surface area contributed by atoms with Crippen LogP contribution >= 0.6 is 0 Å². The topological polar surface area (TPSA) is 75.8 Å². The highest BCUT2D eigenvalue weighted by Crippen LogP contribution is 2.33. The fraction of sp³-hybridized carbons (Fsp3) is 0.321. The van der Waals surface area contributed by atoms with Gasteiger partial charge in [0.15, 0.2) is 0 Å². The molecule has 2 aliphatic heterocycles. The zero-order chi connectivity index (χ0) is 25.5. The van der Waals surface area contributed by atoms with Crippen LogP contribution in [0.1, 0.15) is 6.42 Å². The number of methoxy groups -OCH3 is 1. The maximum Gasteiger partial charge on any atom is 0.242 e. The van der Waals surface area contributed by atoms with Crippen molar-refractivity contribution in [1.82, 2.24) is 19.2 Å². The van der Waals surface area contributed by atoms with E-state index in [1.165, 1.54) is 0 Å². The van der Waals surface area contributed by atoms with Gasteiger partial charge in [0.1, 0.15) is 18.1 Å². The second kappa shape index (κ2) is 9.31. The molecular weight excluding hydrogens is 468 g/mol. The van der Waals surface area contributed by atoms with Crippen LogP contribution in [-0.2, 0) is 23.2 Å². The van der Waals surface area contributed by atoms with Crippen LogP contribution in [0.2, 0.25) is 0 Å². The lowest BCUT2D eigenvalue weighted by atomic mass is 10.1. The van der Waals surface area contributed by atoms with E-state index in [0.29, 0.717) is 31.9 Å². The number of carbonyl (C=O) groups excluding carboxylic acids is 2. The largest absolute Gasteiger partial charge is 0.497 e. The Kier molecular flexibility index (Phi) is 5.82. The third-order valence-corrected chi connectivity index (χ3v) is 7.41. The van der Waals surface area contributed by atoms with Gasteiger partial charge in [0, 0.05) is 74.1 Å². The first-order valence-corrected chi connectivity index (χ1v) is 12.6. The number of benzene rings is 2. The molecule has 0 saturated carbocycles. The average Bonchev–Trinajstić information content (AvgIpc) is 3.52. The van der Waals surface area contributed by atoms with Gasteiger partial charge in [-0.1, -0.05) is 18.2 Å². The molecule has 0 spiro atoms. The number of para-hydroxylation sites is 1. The molecule has 6 rings (SSSR count). The van der Waals surface area contributed by atoms with Crippen LogP contribution in [0.15, 0.2) is 60.8 Å². The van der Waals surface area contributed by atoms with Crippen LogP contribution in [0.5, 0.6) is 5.75 Å². The summed E-state index contributed by atoms with van der Waals surface area (Å²) < 4.78 is 9.19. The highest BCUT2D eigenvalue weighted by atomic mass is 16.5. The van der Waals surface area contributed by atoms with Crippen LogP contribution in [0.4, 0.5) is 11.5 Å². The van der Waals surface area contributed by atoms with Gasteiger partial charge < -0.3 is 19.1 Å². The Morgan fingerprint density at radius 3 is 2.51 bits per heavy atom. The molecule has 190 valence electrons. The summed E-state index contributed by atoms with van der Waals surface area (Å²) in [4.78, 5) is 31.9. The van der Waals surface area contributed by atoms with Crippen molar-refractivity contribution in [3.05, 3.63) is 60.8 Å². The molecule has 1 saturated heterocycles. The molecule has 4 aromatic rings. The third-order valence-electron chi connectivity index (χ3n) is 7.41. The number of piperazine rings is 1. The van der Waals surface area contributed by atoms with Gasteiger partial charge in [0.2, 0.25) is 11.8 Å². The zero-order valence-electron chi connectivity index (χ0n) is 21.1. The normalized spacial score (nSPS) is 15.8. The standard InChI is InChI=1S/C28H30N6O3/c1-30-18-23(22-5-3-4-6-25(22)30)24-17-26-33(27(35)11-12-34(26)29-24)19-28(36)32-15-13-31(14-16-32)20-7-9-21(37-2)10-8-20/h3-10,17-18H,11-16,19H2,1-2H3. The second-order valence-corrected chi connectivity index (χ2v) is 9.58. The van der Waals surface area contributed by atoms with Crippen molar-refractivity contribution in [3.8, 4) is 17.0 Å². The smallest absolute Gasteiger partial charge is 0.242 e. The Balaban J connectivity index is 1.17. The van der Waals surface area contributed by atoms with Crippen LogP contribution in [0.25, 0.3) is 22.2 Å². The van der Waals surface area contributed by atoms with E-state index in [0.717, 1.165) is 46.7 Å². The number of aromatic nitrogens is 3. The number of ether oxygens (including phenoxy) is 1. The van der Waals surface area contributed by atoms with Gasteiger partial charge in [-0.25, -0.2) is 4.68 Å². The number of amides is 2. The van der Waals surface area contributed by atoms with E-state index in [9.17, 15) is 9.59 Å². The van der Waals surface area contributed by atoms with Gasteiger partial charge in [-0.2, -0.15) is 5.10 Å². The average molecular weight is 499 g/mol. The maximum atomic E-state index is 13.3. The quantitative estimate of drug-likeness (QED) is 0.423. The van der Waals surface area contributed by atoms with Gasteiger partial charge in [0.25, 0.3) is 0 Å². The van der Waals surface area contributed by atoms with Crippen molar-refractivity contribution in [2.24, 2.45) is 7.05 Å². The van der Waals surface area contributed by atoms with Crippen molar-refractivity contribution in [2.75, 3.05) is 49.6 Å². The number of carbonyl (C=O) groups is 2. The Labute approximate surface area is 215 Å². The molecule has 37 heavy (non-hydrogen) atoms. The Hall–Kier alpha value is -4.27. The summed E-state index contributed by atoms with van der Waals surface area (Å²) in [6.45, 7) is 3.28. The summed E-state index contributed by atoms with van der Waals surface area (Å²) >= 11 is 0. The fourth-order valence-corrected chi connectivity index (χ4v) is 5.34. The molecule has 0 bridgehead atoms. The SMILES string of the molecule is COc1ccc(N2CCN(C(=O)CN3C(=O)CCn4nc(-c5cn(C)c6ccccc56)cc43)CC2)cc1. The molecule has 2 aliphatic rings. The summed E-state index contributed by atoms with van der Waals surface area (Å²) in [5.74, 6) is 1.43. The van der Waals surface area contributed by atoms with Crippen molar-refractivity contribution >= 4 is 34.2 Å². The first kappa shape index (κ1) is 23.1. The highest BCUT2D eigenvalue weighted by Gasteiger charge is 2.31. The lowest BCUT2D eigenvalue weighted by Gasteiger charge is -2.37. The first-order valence-electron chi connectivity index (χ1n) is 12.6. The lowest BCUT2D eigenvalue weighted by molar-refractivity contribution is -0.132. The molecule has 2 aromatic carbocycles. The number of hydrogen-bond donors (Lipinski definition) is 0. The number of aryl methyl sites for hydroxylation is 2. The van der Waals surface area contributed by atoms with Gasteiger partial charge in [0.05, 0.1) is 19.3 Å². The van der Waals surface area contributed by atoms with Gasteiger partial charge in [-0.3, -0.25) is 14.5 Å². The van der Waals surface area contributed by atoms with E-state index in [1.807, 2.05) is 59.1 Å². The van der Waals surface area contributed by atoms with E-state index >= 15 is 0 Å². The van der Waals surface area contributed by atoms with Crippen LogP contribution in [0.3, 0.4) is 0 Å². The predicted molar refractivity (Wildman–Crippen MR) is 143 cm³/mol. The number of hydrogen-bond acceptors (Lipinski definition) is 5. The molecule has 9 nitrogen and oxygen atoms in total. The maximum absolute atomic E-state index is 13.3. The van der Waals surface area contributed by atoms with E-state index in [1.54, 1.807) is 12.0 Å². The van der Waals surface area contributed by atoms with Crippen LogP contribution < -0.4 is 14.5 Å². The molecule has 2 amide bonds. The van der Waals surface area contributed by atoms with Gasteiger partial charge >= 0.3 is 0 Å². The van der Waals surface area contributed by atoms with Crippen molar-refractivity contribution < 1.29 is 14.3 Å². The molecule has 9 heteroatoms. The van der Waals surface area contributed by atoms with E-state index in [4.69, 9.17) is 9.84 Å². The highest BCUT2D eigenvalue weighted by molar-refractivity contribution is 6.00. The molecule has 1 fully saturated rings. The summed E-state index contributed by atoms with van der Waals surface area (Å²) in [5, 5.41) is 5.93. The van der Waals surface area contributed by atoms with Crippen molar-refractivity contribution in [3.63, 3.8) is 0 Å². The number of anilines is 2. The Morgan fingerprint density at radius 1 is 1.00 bits per heavy atom. The molecule has 0 aliphatic carbocycles. The number of fused-ring (bicyclic) bond motifs is 2. The first-order chi connectivity index (χ1) is 18.0. The molecule has 0 atom stereocenters. The van der Waals surface area contributed by atoms with E-state index < -0.39 is 0 Å². The van der Waals surface area contributed by atoms with E-state index in [2.05, 4.69) is 27.8 Å². The zero-order valence-corrected chi connectivity index (χ0v) is 21.1. The van der Waals surface area contributed by atoms with E-state index in [-0.39, 0.29) is 18.4 Å². The Bertz CT molecular complexity index is 1460. The minimum Gasteiger partial charge on any atom is -0.497 e. The van der Waals surface area contributed by atoms with Gasteiger partial charge in [-0.05, 0) is 30.3 Å². The molecule has 0 unspecified atom stereocenters. The van der Waals surface area contributed by atoms with Gasteiger partial charge in [-0.15, -0.1) is 0 Å². The molecular formula is C28H30N6O3. The summed E-state index contributed by atoms with van der Waals surface area (Å²) in [5.41, 5.74) is 4.07. The molecule has 0 radical (unpaired) electrons. The van der Waals surface area contributed by atoms with Crippen molar-refractivity contribution in [2.45, 2.75) is 13.0 Å². The Morgan fingerprint density at radius 2 is 1.76 bits per heavy atom.